The molecule has 0 radical (unpaired) electrons. The van der Waals surface area contributed by atoms with Crippen molar-refractivity contribution in [2.45, 2.75) is 37.6 Å². The van der Waals surface area contributed by atoms with E-state index in [1.54, 1.807) is 0 Å². The topological polar surface area (TPSA) is 36.1 Å². The van der Waals surface area contributed by atoms with Gasteiger partial charge in [-0.25, -0.2) is 4.99 Å². The van der Waals surface area contributed by atoms with Gasteiger partial charge in [-0.1, -0.05) is 6.42 Å². The third-order valence-corrected chi connectivity index (χ3v) is 2.24. The molecule has 0 aromatic carbocycles. The molecule has 0 bridgehead atoms. The maximum Gasteiger partial charge on any atom is 0.157 e. The quantitative estimate of drug-likeness (QED) is 0.442. The van der Waals surface area contributed by atoms with Crippen LogP contribution >= 0.6 is 12.2 Å². The Kier molecular flexibility index (Phi) is 2.76. The zero-order chi connectivity index (χ0) is 8.16. The van der Waals surface area contributed by atoms with Gasteiger partial charge < -0.3 is 0 Å². The van der Waals surface area contributed by atoms with E-state index in [0.717, 1.165) is 25.7 Å². The van der Waals surface area contributed by atoms with Gasteiger partial charge in [-0.15, -0.1) is 0 Å². The van der Waals surface area contributed by atoms with E-state index in [9.17, 15) is 0 Å². The van der Waals surface area contributed by atoms with Gasteiger partial charge in [0.2, 0.25) is 0 Å². The summed E-state index contributed by atoms with van der Waals surface area (Å²) in [5.41, 5.74) is -0.514. The smallest absolute Gasteiger partial charge is 0.157 e. The van der Waals surface area contributed by atoms with Crippen LogP contribution in [-0.4, -0.2) is 10.7 Å². The summed E-state index contributed by atoms with van der Waals surface area (Å²) in [6.45, 7) is 0. The molecule has 0 saturated heterocycles. The molecule has 3 heteroatoms. The molecule has 0 aliphatic heterocycles. The molecule has 2 nitrogen and oxygen atoms in total. The average molecular weight is 166 g/mol. The highest BCUT2D eigenvalue weighted by Crippen LogP contribution is 2.30. The Morgan fingerprint density at radius 2 is 1.91 bits per heavy atom. The molecule has 58 valence electrons. The van der Waals surface area contributed by atoms with Gasteiger partial charge >= 0.3 is 0 Å². The van der Waals surface area contributed by atoms with Crippen molar-refractivity contribution in [2.75, 3.05) is 0 Å². The molecule has 0 aromatic rings. The minimum absolute atomic E-state index is 0.514. The Morgan fingerprint density at radius 1 is 1.27 bits per heavy atom. The Morgan fingerprint density at radius 3 is 2.36 bits per heavy atom. The lowest BCUT2D eigenvalue weighted by Gasteiger charge is -2.24. The number of nitrogens with zero attached hydrogens (tertiary/aromatic N) is 2. The zero-order valence-corrected chi connectivity index (χ0v) is 7.15. The fourth-order valence-electron chi connectivity index (χ4n) is 1.47. The van der Waals surface area contributed by atoms with Crippen LogP contribution in [0, 0.1) is 11.3 Å². The summed E-state index contributed by atoms with van der Waals surface area (Å²) in [6, 6.07) is 2.22. The number of nitriles is 1. The second-order valence-corrected chi connectivity index (χ2v) is 3.09. The number of thiocarbonyl (C=S) groups is 1. The van der Waals surface area contributed by atoms with Crippen LogP contribution in [0.2, 0.25) is 0 Å². The summed E-state index contributed by atoms with van der Waals surface area (Å²) in [7, 11) is 0. The monoisotopic (exact) mass is 166 g/mol. The van der Waals surface area contributed by atoms with Crippen molar-refractivity contribution < 1.29 is 0 Å². The second kappa shape index (κ2) is 3.61. The van der Waals surface area contributed by atoms with Crippen molar-refractivity contribution in [2.24, 2.45) is 4.99 Å². The van der Waals surface area contributed by atoms with Crippen LogP contribution in [0.3, 0.4) is 0 Å². The summed E-state index contributed by atoms with van der Waals surface area (Å²) >= 11 is 4.50. The van der Waals surface area contributed by atoms with Gasteiger partial charge in [-0.2, -0.15) is 5.26 Å². The lowest BCUT2D eigenvalue weighted by Crippen LogP contribution is -2.26. The molecule has 1 aliphatic rings. The van der Waals surface area contributed by atoms with Gasteiger partial charge in [0.1, 0.15) is 0 Å². The van der Waals surface area contributed by atoms with Gasteiger partial charge in [-0.3, -0.25) is 0 Å². The highest BCUT2D eigenvalue weighted by Gasteiger charge is 2.30. The maximum atomic E-state index is 8.84. The normalized spacial score (nSPS) is 21.4. The van der Waals surface area contributed by atoms with Crippen LogP contribution in [0.15, 0.2) is 4.99 Å². The van der Waals surface area contributed by atoms with Gasteiger partial charge in [0, 0.05) is 0 Å². The number of hydrogen-bond acceptors (Lipinski definition) is 3. The van der Waals surface area contributed by atoms with E-state index in [0.29, 0.717) is 0 Å². The molecule has 0 N–H and O–H groups in total. The number of rotatable bonds is 1. The lowest BCUT2D eigenvalue weighted by molar-refractivity contribution is 0.371. The fraction of sp³-hybridized carbons (Fsp3) is 0.750. The summed E-state index contributed by atoms with van der Waals surface area (Å²) in [5.74, 6) is 0. The van der Waals surface area contributed by atoms with E-state index in [4.69, 9.17) is 5.26 Å². The van der Waals surface area contributed by atoms with Crippen molar-refractivity contribution in [1.29, 1.82) is 5.26 Å². The summed E-state index contributed by atoms with van der Waals surface area (Å²) in [5, 5.41) is 11.2. The third-order valence-electron chi connectivity index (χ3n) is 2.15. The van der Waals surface area contributed by atoms with Crippen LogP contribution in [0.25, 0.3) is 0 Å². The molecule has 1 fully saturated rings. The fourth-order valence-corrected chi connectivity index (χ4v) is 1.65. The van der Waals surface area contributed by atoms with E-state index in [1.165, 1.54) is 6.42 Å². The van der Waals surface area contributed by atoms with Crippen LogP contribution in [0.4, 0.5) is 0 Å². The van der Waals surface area contributed by atoms with Crippen molar-refractivity contribution in [3.05, 3.63) is 0 Å². The van der Waals surface area contributed by atoms with Crippen molar-refractivity contribution >= 4 is 17.4 Å². The number of isothiocyanates is 1. The summed E-state index contributed by atoms with van der Waals surface area (Å²) in [4.78, 5) is 3.94. The molecule has 11 heavy (non-hydrogen) atoms. The minimum Gasteiger partial charge on any atom is -0.210 e. The standard InChI is InChI=1S/C8H10N2S/c9-6-8(10-7-11)4-2-1-3-5-8/h1-5H2. The summed E-state index contributed by atoms with van der Waals surface area (Å²) < 4.78 is 0. The van der Waals surface area contributed by atoms with Crippen LogP contribution in [-0.2, 0) is 0 Å². The molecule has 0 unspecified atom stereocenters. The lowest BCUT2D eigenvalue weighted by atomic mass is 9.84. The first kappa shape index (κ1) is 8.39. The zero-order valence-electron chi connectivity index (χ0n) is 6.34. The van der Waals surface area contributed by atoms with E-state index < -0.39 is 5.54 Å². The Hall–Kier alpha value is -0.710. The Balaban J connectivity index is 2.74. The first-order valence-electron chi connectivity index (χ1n) is 3.83. The Bertz CT molecular complexity index is 217. The first-order chi connectivity index (χ1) is 5.33. The van der Waals surface area contributed by atoms with Gasteiger partial charge in [0.05, 0.1) is 11.2 Å². The molecule has 0 heterocycles. The molecule has 0 spiro atoms. The first-order valence-corrected chi connectivity index (χ1v) is 4.24. The highest BCUT2D eigenvalue weighted by molar-refractivity contribution is 7.78. The second-order valence-electron chi connectivity index (χ2n) is 2.91. The molecular weight excluding hydrogens is 156 g/mol. The van der Waals surface area contributed by atoms with Crippen LogP contribution in [0.5, 0.6) is 0 Å². The van der Waals surface area contributed by atoms with E-state index in [1.807, 2.05) is 0 Å². The van der Waals surface area contributed by atoms with Gasteiger partial charge in [-0.05, 0) is 37.9 Å². The van der Waals surface area contributed by atoms with Crippen LogP contribution in [0.1, 0.15) is 32.1 Å². The van der Waals surface area contributed by atoms with Crippen molar-refractivity contribution in [1.82, 2.24) is 0 Å². The largest absolute Gasteiger partial charge is 0.210 e. The van der Waals surface area contributed by atoms with Crippen molar-refractivity contribution in [3.8, 4) is 6.07 Å². The molecule has 1 rings (SSSR count). The van der Waals surface area contributed by atoms with E-state index in [2.05, 4.69) is 28.4 Å². The Labute approximate surface area is 71.9 Å². The number of aliphatic imine (C=N–C) groups is 1. The molecular formula is C8H10N2S. The molecule has 0 amide bonds. The van der Waals surface area contributed by atoms with E-state index in [-0.39, 0.29) is 0 Å². The SMILES string of the molecule is N#CC1(N=C=S)CCCCC1. The third kappa shape index (κ3) is 1.86. The minimum atomic E-state index is -0.514. The average Bonchev–Trinajstić information content (AvgIpc) is 2.07. The van der Waals surface area contributed by atoms with Crippen LogP contribution < -0.4 is 0 Å². The summed E-state index contributed by atoms with van der Waals surface area (Å²) in [6.07, 6.45) is 5.11. The van der Waals surface area contributed by atoms with E-state index >= 15 is 0 Å². The molecule has 0 atom stereocenters. The predicted molar refractivity (Wildman–Crippen MR) is 46.5 cm³/mol. The van der Waals surface area contributed by atoms with Gasteiger partial charge in [0.15, 0.2) is 5.54 Å². The number of hydrogen-bond donors (Lipinski definition) is 0. The highest BCUT2D eigenvalue weighted by atomic mass is 32.1. The molecule has 1 saturated carbocycles. The van der Waals surface area contributed by atoms with Crippen molar-refractivity contribution in [3.63, 3.8) is 0 Å². The van der Waals surface area contributed by atoms with Gasteiger partial charge in [0.25, 0.3) is 0 Å². The molecule has 1 aliphatic carbocycles. The predicted octanol–water partition coefficient (Wildman–Crippen LogP) is 2.32. The maximum absolute atomic E-state index is 8.84. The molecule has 0 aromatic heterocycles.